The lowest BCUT2D eigenvalue weighted by Gasteiger charge is -2.18. The van der Waals surface area contributed by atoms with Crippen LogP contribution in [0.15, 0.2) is 71.6 Å². The molecule has 0 heterocycles. The number of carbonyl (C=O) groups is 1. The van der Waals surface area contributed by atoms with Crippen molar-refractivity contribution in [2.45, 2.75) is 18.0 Å². The number of aryl methyl sites for hydroxylation is 1. The molecule has 0 saturated heterocycles. The molecule has 0 bridgehead atoms. The van der Waals surface area contributed by atoms with Gasteiger partial charge in [0.2, 0.25) is 0 Å². The van der Waals surface area contributed by atoms with Gasteiger partial charge in [-0.05, 0) is 61.5 Å². The molecule has 0 aliphatic rings. The Hall–Kier alpha value is -3.53. The summed E-state index contributed by atoms with van der Waals surface area (Å²) in [7, 11) is -0.685. The summed E-state index contributed by atoms with van der Waals surface area (Å²) in [6, 6.07) is 15.2. The van der Waals surface area contributed by atoms with E-state index in [0.717, 1.165) is 11.6 Å². The third kappa shape index (κ3) is 5.83. The molecule has 10 heteroatoms. The van der Waals surface area contributed by atoms with Gasteiger partial charge >= 0.3 is 6.18 Å². The summed E-state index contributed by atoms with van der Waals surface area (Å²) in [5.74, 6) is -0.798. The topological polar surface area (TPSA) is 78.5 Å². The molecule has 0 aromatic heterocycles. The number of anilines is 3. The Morgan fingerprint density at radius 3 is 2.06 bits per heavy atom. The highest BCUT2D eigenvalue weighted by atomic mass is 32.2. The van der Waals surface area contributed by atoms with Gasteiger partial charge in [-0.25, -0.2) is 8.42 Å². The molecular formula is C23H22F3N3O3S. The molecular weight excluding hydrogens is 455 g/mol. The molecule has 0 radical (unpaired) electrons. The van der Waals surface area contributed by atoms with Crippen LogP contribution < -0.4 is 14.9 Å². The van der Waals surface area contributed by atoms with Crippen molar-refractivity contribution in [3.63, 3.8) is 0 Å². The van der Waals surface area contributed by atoms with E-state index in [-0.39, 0.29) is 10.5 Å². The van der Waals surface area contributed by atoms with Gasteiger partial charge in [0, 0.05) is 31.0 Å². The normalized spacial score (nSPS) is 11.7. The first-order valence-electron chi connectivity index (χ1n) is 9.76. The predicted octanol–water partition coefficient (Wildman–Crippen LogP) is 5.13. The second-order valence-corrected chi connectivity index (χ2v) is 9.25. The molecule has 33 heavy (non-hydrogen) atoms. The molecule has 0 spiro atoms. The third-order valence-electron chi connectivity index (χ3n) is 4.80. The van der Waals surface area contributed by atoms with Crippen LogP contribution in [-0.2, 0) is 16.2 Å². The lowest BCUT2D eigenvalue weighted by molar-refractivity contribution is -0.136. The largest absolute Gasteiger partial charge is 0.418 e. The number of nitrogens with zero attached hydrogens (tertiary/aromatic N) is 1. The molecule has 0 atom stereocenters. The maximum atomic E-state index is 13.5. The van der Waals surface area contributed by atoms with E-state index in [9.17, 15) is 26.4 Å². The molecule has 3 aromatic rings. The maximum Gasteiger partial charge on any atom is 0.418 e. The van der Waals surface area contributed by atoms with Crippen LogP contribution in [0.4, 0.5) is 30.2 Å². The number of nitrogens with one attached hydrogen (secondary N) is 2. The number of benzene rings is 3. The molecule has 6 nitrogen and oxygen atoms in total. The van der Waals surface area contributed by atoms with Crippen molar-refractivity contribution in [3.8, 4) is 0 Å². The number of hydrogen-bond donors (Lipinski definition) is 2. The van der Waals surface area contributed by atoms with Crippen LogP contribution in [0.25, 0.3) is 0 Å². The van der Waals surface area contributed by atoms with E-state index in [2.05, 4.69) is 10.0 Å². The van der Waals surface area contributed by atoms with E-state index in [1.807, 2.05) is 6.92 Å². The molecule has 0 aliphatic carbocycles. The van der Waals surface area contributed by atoms with Crippen molar-refractivity contribution >= 4 is 33.0 Å². The predicted molar refractivity (Wildman–Crippen MR) is 122 cm³/mol. The second kappa shape index (κ2) is 9.14. The molecule has 0 unspecified atom stereocenters. The van der Waals surface area contributed by atoms with Crippen molar-refractivity contribution in [1.29, 1.82) is 0 Å². The average molecular weight is 478 g/mol. The number of carbonyl (C=O) groups excluding carboxylic acids is 1. The summed E-state index contributed by atoms with van der Waals surface area (Å²) in [5, 5.41) is 2.26. The van der Waals surface area contributed by atoms with E-state index >= 15 is 0 Å². The fourth-order valence-electron chi connectivity index (χ4n) is 2.97. The van der Waals surface area contributed by atoms with Gasteiger partial charge < -0.3 is 10.2 Å². The fourth-order valence-corrected chi connectivity index (χ4v) is 4.03. The Bertz CT molecular complexity index is 1250. The van der Waals surface area contributed by atoms with Crippen LogP contribution in [-0.4, -0.2) is 28.4 Å². The van der Waals surface area contributed by atoms with Gasteiger partial charge in [0.25, 0.3) is 15.9 Å². The molecule has 0 saturated carbocycles. The monoisotopic (exact) mass is 477 g/mol. The van der Waals surface area contributed by atoms with Gasteiger partial charge in [0.15, 0.2) is 0 Å². The number of rotatable bonds is 6. The van der Waals surface area contributed by atoms with E-state index in [1.54, 1.807) is 38.4 Å². The Morgan fingerprint density at radius 1 is 0.909 bits per heavy atom. The molecule has 1 amide bonds. The minimum atomic E-state index is -4.67. The van der Waals surface area contributed by atoms with Crippen molar-refractivity contribution in [1.82, 2.24) is 0 Å². The van der Waals surface area contributed by atoms with Crippen molar-refractivity contribution in [2.24, 2.45) is 0 Å². The summed E-state index contributed by atoms with van der Waals surface area (Å²) >= 11 is 0. The first-order chi connectivity index (χ1) is 15.4. The number of amides is 1. The van der Waals surface area contributed by atoms with Crippen LogP contribution in [0.3, 0.4) is 0 Å². The average Bonchev–Trinajstić information content (AvgIpc) is 2.74. The SMILES string of the molecule is Cc1ccc(NS(=O)(=O)c2ccc(C(=O)Nc3ccc(N(C)C)cc3C(F)(F)F)cc2)cc1. The van der Waals surface area contributed by atoms with E-state index < -0.39 is 33.4 Å². The van der Waals surface area contributed by atoms with Crippen molar-refractivity contribution in [2.75, 3.05) is 29.0 Å². The molecule has 174 valence electrons. The van der Waals surface area contributed by atoms with Crippen LogP contribution in [0.2, 0.25) is 0 Å². The Balaban J connectivity index is 1.80. The van der Waals surface area contributed by atoms with E-state index in [4.69, 9.17) is 0 Å². The number of hydrogen-bond acceptors (Lipinski definition) is 4. The van der Waals surface area contributed by atoms with Crippen molar-refractivity contribution in [3.05, 3.63) is 83.4 Å². The van der Waals surface area contributed by atoms with E-state index in [1.165, 1.54) is 41.3 Å². The zero-order chi connectivity index (χ0) is 24.4. The van der Waals surface area contributed by atoms with Gasteiger partial charge in [0.05, 0.1) is 16.1 Å². The second-order valence-electron chi connectivity index (χ2n) is 7.57. The minimum absolute atomic E-state index is 0.00842. The molecule has 2 N–H and O–H groups in total. The summed E-state index contributed by atoms with van der Waals surface area (Å²) in [6.45, 7) is 1.87. The van der Waals surface area contributed by atoms with Crippen LogP contribution in [0, 0.1) is 6.92 Å². The van der Waals surface area contributed by atoms with Gasteiger partial charge in [-0.1, -0.05) is 17.7 Å². The quantitative estimate of drug-likeness (QED) is 0.516. The summed E-state index contributed by atoms with van der Waals surface area (Å²) in [6.07, 6.45) is -4.67. The van der Waals surface area contributed by atoms with Gasteiger partial charge in [-0.2, -0.15) is 13.2 Å². The third-order valence-corrected chi connectivity index (χ3v) is 6.20. The summed E-state index contributed by atoms with van der Waals surface area (Å²) in [4.78, 5) is 14.0. The number of halogens is 3. The standard InChI is InChI=1S/C23H22F3N3O3S/c1-15-4-8-17(9-5-15)28-33(31,32)19-11-6-16(7-12-19)22(30)27-21-13-10-18(29(2)3)14-20(21)23(24,25)26/h4-14,28H,1-3H3,(H,27,30). The molecule has 0 fully saturated rings. The summed E-state index contributed by atoms with van der Waals surface area (Å²) < 4.78 is 68.0. The van der Waals surface area contributed by atoms with Gasteiger partial charge in [-0.3, -0.25) is 9.52 Å². The Kier molecular flexibility index (Phi) is 6.68. The lowest BCUT2D eigenvalue weighted by Crippen LogP contribution is -2.18. The smallest absolute Gasteiger partial charge is 0.378 e. The van der Waals surface area contributed by atoms with Gasteiger partial charge in [0.1, 0.15) is 0 Å². The zero-order valence-corrected chi connectivity index (χ0v) is 18.9. The fraction of sp³-hybridized carbons (Fsp3) is 0.174. The lowest BCUT2D eigenvalue weighted by atomic mass is 10.1. The van der Waals surface area contributed by atoms with Crippen molar-refractivity contribution < 1.29 is 26.4 Å². The minimum Gasteiger partial charge on any atom is -0.378 e. The Morgan fingerprint density at radius 2 is 1.52 bits per heavy atom. The molecule has 0 aliphatic heterocycles. The first kappa shape index (κ1) is 24.1. The van der Waals surface area contributed by atoms with Crippen LogP contribution in [0.1, 0.15) is 21.5 Å². The zero-order valence-electron chi connectivity index (χ0n) is 18.1. The highest BCUT2D eigenvalue weighted by molar-refractivity contribution is 7.92. The number of alkyl halides is 3. The number of sulfonamides is 1. The summed E-state index contributed by atoms with van der Waals surface area (Å²) in [5.41, 5.74) is 0.311. The van der Waals surface area contributed by atoms with Crippen LogP contribution in [0.5, 0.6) is 0 Å². The highest BCUT2D eigenvalue weighted by Gasteiger charge is 2.34. The van der Waals surface area contributed by atoms with E-state index in [0.29, 0.717) is 11.4 Å². The Labute approximate surface area is 190 Å². The molecule has 3 rings (SSSR count). The molecule has 3 aromatic carbocycles. The van der Waals surface area contributed by atoms with Gasteiger partial charge in [-0.15, -0.1) is 0 Å². The van der Waals surface area contributed by atoms with Crippen LogP contribution >= 0.6 is 0 Å². The first-order valence-corrected chi connectivity index (χ1v) is 11.2. The maximum absolute atomic E-state index is 13.5. The highest BCUT2D eigenvalue weighted by Crippen LogP contribution is 2.37.